The van der Waals surface area contributed by atoms with E-state index >= 15 is 0 Å². The van der Waals surface area contributed by atoms with E-state index in [4.69, 9.17) is 4.42 Å². The van der Waals surface area contributed by atoms with Crippen LogP contribution in [0.15, 0.2) is 69.9 Å². The number of amides is 1. The average Bonchev–Trinajstić information content (AvgIpc) is 2.86. The van der Waals surface area contributed by atoms with E-state index in [2.05, 4.69) is 10.3 Å². The topological polar surface area (TPSA) is 72.2 Å². The lowest BCUT2D eigenvalue weighted by molar-refractivity contribution is -0.143. The summed E-state index contributed by atoms with van der Waals surface area (Å²) in [5, 5.41) is 2.58. The van der Waals surface area contributed by atoms with Crippen molar-refractivity contribution in [2.24, 2.45) is 0 Å². The number of pyridine rings is 1. The molecule has 0 bridgehead atoms. The number of rotatable bonds is 5. The van der Waals surface area contributed by atoms with E-state index in [9.17, 15) is 35.9 Å². The third-order valence-corrected chi connectivity index (χ3v) is 5.76. The van der Waals surface area contributed by atoms with Gasteiger partial charge in [0.1, 0.15) is 0 Å². The molecule has 0 saturated heterocycles. The Morgan fingerprint density at radius 1 is 0.921 bits per heavy atom. The highest BCUT2D eigenvalue weighted by molar-refractivity contribution is 6.06. The third-order valence-electron chi connectivity index (χ3n) is 5.76. The molecule has 1 amide bonds. The van der Waals surface area contributed by atoms with Crippen LogP contribution in [0.4, 0.5) is 26.3 Å². The summed E-state index contributed by atoms with van der Waals surface area (Å²) >= 11 is 0. The molecule has 38 heavy (non-hydrogen) atoms. The number of carbonyl (C=O) groups is 1. The fraction of sp³-hybridized carbons (Fsp3) is 0.222. The monoisotopic (exact) mass is 534 g/mol. The Kier molecular flexibility index (Phi) is 7.05. The van der Waals surface area contributed by atoms with Crippen LogP contribution in [-0.4, -0.2) is 10.9 Å². The standard InChI is InChI=1S/C27H20F6N2O3/c1-14(2)20-9-8-19-21(16-6-4-3-5-7-16)23(38-25(37)22(19)35-20)24(36)34-13-15-10-17(26(28,29)30)12-18(11-15)27(31,32)33/h3-12,14H,13H2,1-2H3,(H,34,36). The molecule has 0 aliphatic carbocycles. The van der Waals surface area contributed by atoms with Gasteiger partial charge in [0.05, 0.1) is 11.1 Å². The summed E-state index contributed by atoms with van der Waals surface area (Å²) in [5.74, 6) is -1.45. The molecule has 0 fully saturated rings. The van der Waals surface area contributed by atoms with Gasteiger partial charge >= 0.3 is 18.0 Å². The van der Waals surface area contributed by atoms with Gasteiger partial charge in [0.2, 0.25) is 5.76 Å². The van der Waals surface area contributed by atoms with E-state index < -0.39 is 52.9 Å². The van der Waals surface area contributed by atoms with Crippen molar-refractivity contribution in [1.82, 2.24) is 10.3 Å². The molecule has 0 spiro atoms. The second kappa shape index (κ2) is 9.96. The van der Waals surface area contributed by atoms with E-state index in [1.165, 1.54) is 0 Å². The Hall–Kier alpha value is -4.15. The van der Waals surface area contributed by atoms with Gasteiger partial charge in [-0.05, 0) is 47.4 Å². The molecule has 4 rings (SSSR count). The lowest BCUT2D eigenvalue weighted by Gasteiger charge is -2.15. The maximum Gasteiger partial charge on any atom is 0.416 e. The number of benzene rings is 2. The molecule has 0 atom stereocenters. The number of carbonyl (C=O) groups excluding carboxylic acids is 1. The SMILES string of the molecule is CC(C)c1ccc2c(-c3ccccc3)c(C(=O)NCc3cc(C(F)(F)F)cc(C(F)(F)F)c3)oc(=O)c2n1. The van der Waals surface area contributed by atoms with Gasteiger partial charge in [0.25, 0.3) is 5.91 Å². The Labute approximate surface area is 212 Å². The van der Waals surface area contributed by atoms with Crippen molar-refractivity contribution in [1.29, 1.82) is 0 Å². The molecule has 2 aromatic carbocycles. The molecule has 4 aromatic rings. The lowest BCUT2D eigenvalue weighted by Crippen LogP contribution is -2.25. The van der Waals surface area contributed by atoms with Crippen LogP contribution in [0.25, 0.3) is 22.0 Å². The summed E-state index contributed by atoms with van der Waals surface area (Å²) in [7, 11) is 0. The molecule has 198 valence electrons. The quantitative estimate of drug-likeness (QED) is 0.282. The van der Waals surface area contributed by atoms with Gasteiger partial charge in [0.15, 0.2) is 5.52 Å². The van der Waals surface area contributed by atoms with Gasteiger partial charge in [-0.2, -0.15) is 26.3 Å². The molecule has 0 radical (unpaired) electrons. The second-order valence-electron chi connectivity index (χ2n) is 8.84. The molecule has 0 aliphatic rings. The van der Waals surface area contributed by atoms with Crippen LogP contribution >= 0.6 is 0 Å². The number of alkyl halides is 6. The number of halogens is 6. The van der Waals surface area contributed by atoms with Gasteiger partial charge in [-0.25, -0.2) is 9.78 Å². The van der Waals surface area contributed by atoms with E-state index in [0.717, 1.165) is 0 Å². The minimum Gasteiger partial charge on any atom is -0.415 e. The highest BCUT2D eigenvalue weighted by atomic mass is 19.4. The van der Waals surface area contributed by atoms with Crippen LogP contribution < -0.4 is 10.9 Å². The first kappa shape index (κ1) is 26.9. The van der Waals surface area contributed by atoms with Crippen molar-refractivity contribution in [3.63, 3.8) is 0 Å². The zero-order valence-electron chi connectivity index (χ0n) is 20.0. The van der Waals surface area contributed by atoms with Crippen LogP contribution in [0.2, 0.25) is 0 Å². The van der Waals surface area contributed by atoms with Crippen molar-refractivity contribution >= 4 is 16.8 Å². The largest absolute Gasteiger partial charge is 0.416 e. The van der Waals surface area contributed by atoms with Crippen molar-refractivity contribution < 1.29 is 35.6 Å². The lowest BCUT2D eigenvalue weighted by atomic mass is 9.98. The molecular formula is C27H20F6N2O3. The summed E-state index contributed by atoms with van der Waals surface area (Å²) in [6, 6.07) is 12.8. The van der Waals surface area contributed by atoms with E-state index in [-0.39, 0.29) is 23.1 Å². The first-order valence-corrected chi connectivity index (χ1v) is 11.4. The minimum absolute atomic E-state index is 0.000378. The molecule has 0 saturated carbocycles. The van der Waals surface area contributed by atoms with Crippen molar-refractivity contribution in [2.45, 2.75) is 38.7 Å². The predicted molar refractivity (Wildman–Crippen MR) is 127 cm³/mol. The number of hydrogen-bond acceptors (Lipinski definition) is 4. The van der Waals surface area contributed by atoms with Crippen LogP contribution in [0.3, 0.4) is 0 Å². The first-order chi connectivity index (χ1) is 17.8. The van der Waals surface area contributed by atoms with Gasteiger partial charge in [-0.15, -0.1) is 0 Å². The molecule has 2 heterocycles. The minimum atomic E-state index is -5.03. The fourth-order valence-electron chi connectivity index (χ4n) is 3.90. The Balaban J connectivity index is 1.78. The molecular weight excluding hydrogens is 514 g/mol. The normalized spacial score (nSPS) is 12.2. The van der Waals surface area contributed by atoms with Crippen molar-refractivity contribution in [3.05, 3.63) is 99.2 Å². The zero-order valence-corrected chi connectivity index (χ0v) is 20.0. The fourth-order valence-corrected chi connectivity index (χ4v) is 3.90. The molecule has 0 unspecified atom stereocenters. The number of nitrogens with one attached hydrogen (secondary N) is 1. The van der Waals surface area contributed by atoms with Crippen LogP contribution in [0.1, 0.15) is 52.7 Å². The number of hydrogen-bond donors (Lipinski definition) is 1. The summed E-state index contributed by atoms with van der Waals surface area (Å²) in [6.45, 7) is 3.08. The molecule has 11 heteroatoms. The zero-order chi connectivity index (χ0) is 27.8. The summed E-state index contributed by atoms with van der Waals surface area (Å²) in [4.78, 5) is 30.3. The number of nitrogens with zero attached hydrogens (tertiary/aromatic N) is 1. The van der Waals surface area contributed by atoms with Crippen LogP contribution in [0, 0.1) is 0 Å². The van der Waals surface area contributed by atoms with E-state index in [1.807, 2.05) is 13.8 Å². The molecule has 2 aromatic heterocycles. The number of aromatic nitrogens is 1. The van der Waals surface area contributed by atoms with Crippen LogP contribution in [-0.2, 0) is 18.9 Å². The first-order valence-electron chi connectivity index (χ1n) is 11.4. The van der Waals surface area contributed by atoms with Crippen LogP contribution in [0.5, 0.6) is 0 Å². The summed E-state index contributed by atoms with van der Waals surface area (Å²) in [5.41, 5.74) is -3.06. The van der Waals surface area contributed by atoms with Gasteiger partial charge in [-0.1, -0.05) is 44.2 Å². The highest BCUT2D eigenvalue weighted by Gasteiger charge is 2.37. The second-order valence-corrected chi connectivity index (χ2v) is 8.84. The molecule has 0 aliphatic heterocycles. The maximum absolute atomic E-state index is 13.2. The molecule has 5 nitrogen and oxygen atoms in total. The predicted octanol–water partition coefficient (Wildman–Crippen LogP) is 6.95. The Morgan fingerprint density at radius 2 is 1.53 bits per heavy atom. The summed E-state index contributed by atoms with van der Waals surface area (Å²) < 4.78 is 84.5. The van der Waals surface area contributed by atoms with Gasteiger partial charge < -0.3 is 9.73 Å². The third kappa shape index (κ3) is 5.56. The van der Waals surface area contributed by atoms with Crippen molar-refractivity contribution in [3.8, 4) is 11.1 Å². The molecule has 1 N–H and O–H groups in total. The summed E-state index contributed by atoms with van der Waals surface area (Å²) in [6.07, 6.45) is -10.1. The van der Waals surface area contributed by atoms with Gasteiger partial charge in [0, 0.05) is 23.2 Å². The van der Waals surface area contributed by atoms with Gasteiger partial charge in [-0.3, -0.25) is 4.79 Å². The highest BCUT2D eigenvalue weighted by Crippen LogP contribution is 2.36. The smallest absolute Gasteiger partial charge is 0.415 e. The Bertz CT molecular complexity index is 1530. The number of fused-ring (bicyclic) bond motifs is 1. The average molecular weight is 534 g/mol. The van der Waals surface area contributed by atoms with E-state index in [0.29, 0.717) is 28.8 Å². The van der Waals surface area contributed by atoms with Crippen molar-refractivity contribution in [2.75, 3.05) is 0 Å². The Morgan fingerprint density at radius 3 is 2.08 bits per heavy atom. The van der Waals surface area contributed by atoms with E-state index in [1.54, 1.807) is 42.5 Å². The maximum atomic E-state index is 13.2.